The summed E-state index contributed by atoms with van der Waals surface area (Å²) >= 11 is 6.10. The van der Waals surface area contributed by atoms with E-state index in [0.717, 1.165) is 47.6 Å². The molecule has 0 amide bonds. The van der Waals surface area contributed by atoms with Crippen molar-refractivity contribution >= 4 is 11.6 Å². The van der Waals surface area contributed by atoms with Crippen LogP contribution in [0.5, 0.6) is 5.75 Å². The Morgan fingerprint density at radius 2 is 1.42 bits per heavy atom. The summed E-state index contributed by atoms with van der Waals surface area (Å²) in [5.74, 6) is 1.49. The van der Waals surface area contributed by atoms with Gasteiger partial charge in [-0.1, -0.05) is 96.0 Å². The summed E-state index contributed by atoms with van der Waals surface area (Å²) in [6.07, 6.45) is 2.85. The lowest BCUT2D eigenvalue weighted by Crippen LogP contribution is -2.35. The van der Waals surface area contributed by atoms with Crippen molar-refractivity contribution in [3.63, 3.8) is 0 Å². The lowest BCUT2D eigenvalue weighted by molar-refractivity contribution is 0.0810. The average Bonchev–Trinajstić information content (AvgIpc) is 2.96. The summed E-state index contributed by atoms with van der Waals surface area (Å²) in [7, 11) is 0. The molecule has 5 rings (SSSR count). The normalized spacial score (nSPS) is 16.2. The number of ether oxygens (including phenoxy) is 1. The van der Waals surface area contributed by atoms with Crippen molar-refractivity contribution in [2.45, 2.75) is 37.7 Å². The molecule has 1 saturated heterocycles. The van der Waals surface area contributed by atoms with Gasteiger partial charge in [0, 0.05) is 18.0 Å². The highest BCUT2D eigenvalue weighted by atomic mass is 35.5. The van der Waals surface area contributed by atoms with Gasteiger partial charge in [0.1, 0.15) is 18.0 Å². The van der Waals surface area contributed by atoms with Crippen LogP contribution < -0.4 is 4.74 Å². The SMILES string of the molecule is Cc1ccc(C(O)(Cc2ccc(Cl)cc2)c2ccc(OCCN3CCC(c4ccccc4)CC3)cc2)cc1. The molecule has 4 heteroatoms. The Kier molecular flexibility index (Phi) is 8.48. The predicted octanol–water partition coefficient (Wildman–Crippen LogP) is 7.39. The summed E-state index contributed by atoms with van der Waals surface area (Å²) < 4.78 is 6.10. The molecule has 1 heterocycles. The molecule has 0 bridgehead atoms. The van der Waals surface area contributed by atoms with Crippen LogP contribution in [0.2, 0.25) is 5.02 Å². The molecule has 1 aliphatic rings. The van der Waals surface area contributed by atoms with Gasteiger partial charge in [-0.05, 0) is 85.3 Å². The zero-order chi connectivity index (χ0) is 26.4. The fourth-order valence-corrected chi connectivity index (χ4v) is 5.56. The van der Waals surface area contributed by atoms with Crippen LogP contribution in [0.15, 0.2) is 103 Å². The number of aliphatic hydroxyl groups is 1. The van der Waals surface area contributed by atoms with Crippen LogP contribution in [0.25, 0.3) is 0 Å². The van der Waals surface area contributed by atoms with E-state index in [0.29, 0.717) is 24.0 Å². The Balaban J connectivity index is 1.20. The molecule has 196 valence electrons. The third kappa shape index (κ3) is 6.47. The summed E-state index contributed by atoms with van der Waals surface area (Å²) in [6.45, 7) is 5.85. The summed E-state index contributed by atoms with van der Waals surface area (Å²) in [5.41, 5.74) is 4.19. The van der Waals surface area contributed by atoms with Crippen molar-refractivity contribution in [2.24, 2.45) is 0 Å². The van der Waals surface area contributed by atoms with Crippen LogP contribution in [0.4, 0.5) is 0 Å². The third-order valence-electron chi connectivity index (χ3n) is 7.77. The van der Waals surface area contributed by atoms with Crippen LogP contribution in [0.1, 0.15) is 46.6 Å². The van der Waals surface area contributed by atoms with Crippen molar-refractivity contribution in [3.05, 3.63) is 136 Å². The van der Waals surface area contributed by atoms with Gasteiger partial charge in [-0.3, -0.25) is 4.90 Å². The third-order valence-corrected chi connectivity index (χ3v) is 8.02. The van der Waals surface area contributed by atoms with Crippen molar-refractivity contribution in [1.82, 2.24) is 4.90 Å². The van der Waals surface area contributed by atoms with Gasteiger partial charge in [0.05, 0.1) is 0 Å². The van der Waals surface area contributed by atoms with E-state index in [9.17, 15) is 5.11 Å². The molecule has 0 radical (unpaired) electrons. The number of nitrogens with zero attached hydrogens (tertiary/aromatic N) is 1. The molecule has 38 heavy (non-hydrogen) atoms. The molecular weight excluding hydrogens is 490 g/mol. The Hall–Kier alpha value is -3.11. The number of piperidine rings is 1. The molecule has 0 aliphatic carbocycles. The Labute approximate surface area is 231 Å². The van der Waals surface area contributed by atoms with E-state index in [4.69, 9.17) is 16.3 Å². The fraction of sp³-hybridized carbons (Fsp3) is 0.294. The first-order chi connectivity index (χ1) is 18.5. The maximum Gasteiger partial charge on any atom is 0.119 e. The highest BCUT2D eigenvalue weighted by Gasteiger charge is 2.32. The molecule has 1 unspecified atom stereocenters. The van der Waals surface area contributed by atoms with Gasteiger partial charge < -0.3 is 9.84 Å². The number of hydrogen-bond acceptors (Lipinski definition) is 3. The Morgan fingerprint density at radius 3 is 2.05 bits per heavy atom. The fourth-order valence-electron chi connectivity index (χ4n) is 5.43. The van der Waals surface area contributed by atoms with Crippen LogP contribution in [-0.2, 0) is 12.0 Å². The first-order valence-electron chi connectivity index (χ1n) is 13.5. The Bertz CT molecular complexity index is 1280. The molecule has 4 aromatic carbocycles. The Morgan fingerprint density at radius 1 is 0.816 bits per heavy atom. The first kappa shape index (κ1) is 26.5. The van der Waals surface area contributed by atoms with Crippen LogP contribution in [0, 0.1) is 6.92 Å². The highest BCUT2D eigenvalue weighted by Crippen LogP contribution is 2.35. The van der Waals surface area contributed by atoms with E-state index in [-0.39, 0.29) is 0 Å². The minimum absolute atomic E-state index is 0.451. The zero-order valence-electron chi connectivity index (χ0n) is 22.0. The number of aryl methyl sites for hydroxylation is 1. The molecule has 1 atom stereocenters. The van der Waals surface area contributed by atoms with Crippen molar-refractivity contribution in [2.75, 3.05) is 26.2 Å². The van der Waals surface area contributed by atoms with Gasteiger partial charge in [0.25, 0.3) is 0 Å². The van der Waals surface area contributed by atoms with Gasteiger partial charge in [0.2, 0.25) is 0 Å². The molecular formula is C34H36ClNO2. The van der Waals surface area contributed by atoms with Gasteiger partial charge in [0.15, 0.2) is 0 Å². The van der Waals surface area contributed by atoms with Gasteiger partial charge >= 0.3 is 0 Å². The molecule has 3 nitrogen and oxygen atoms in total. The average molecular weight is 526 g/mol. The first-order valence-corrected chi connectivity index (χ1v) is 13.9. The van der Waals surface area contributed by atoms with Crippen LogP contribution >= 0.6 is 11.6 Å². The predicted molar refractivity (Wildman–Crippen MR) is 156 cm³/mol. The largest absolute Gasteiger partial charge is 0.492 e. The molecule has 1 fully saturated rings. The zero-order valence-corrected chi connectivity index (χ0v) is 22.8. The molecule has 1 aliphatic heterocycles. The minimum Gasteiger partial charge on any atom is -0.492 e. The second kappa shape index (κ2) is 12.2. The van der Waals surface area contributed by atoms with E-state index >= 15 is 0 Å². The van der Waals surface area contributed by atoms with E-state index in [1.807, 2.05) is 72.8 Å². The lowest BCUT2D eigenvalue weighted by Gasteiger charge is -2.32. The number of benzene rings is 4. The number of halogens is 1. The van der Waals surface area contributed by atoms with E-state index < -0.39 is 5.60 Å². The van der Waals surface area contributed by atoms with Gasteiger partial charge in [-0.25, -0.2) is 0 Å². The van der Waals surface area contributed by atoms with E-state index in [2.05, 4.69) is 42.2 Å². The molecule has 0 saturated carbocycles. The molecule has 0 aromatic heterocycles. The quantitative estimate of drug-likeness (QED) is 0.247. The minimum atomic E-state index is -1.16. The van der Waals surface area contributed by atoms with Crippen molar-refractivity contribution in [3.8, 4) is 5.75 Å². The summed E-state index contributed by atoms with van der Waals surface area (Å²) in [5, 5.41) is 12.7. The highest BCUT2D eigenvalue weighted by molar-refractivity contribution is 6.30. The summed E-state index contributed by atoms with van der Waals surface area (Å²) in [4.78, 5) is 2.50. The maximum absolute atomic E-state index is 12.0. The summed E-state index contributed by atoms with van der Waals surface area (Å²) in [6, 6.07) is 34.6. The monoisotopic (exact) mass is 525 g/mol. The molecule has 0 spiro atoms. The number of rotatable bonds is 9. The van der Waals surface area contributed by atoms with Crippen LogP contribution in [-0.4, -0.2) is 36.2 Å². The number of likely N-dealkylation sites (tertiary alicyclic amines) is 1. The molecule has 1 N–H and O–H groups in total. The topological polar surface area (TPSA) is 32.7 Å². The lowest BCUT2D eigenvalue weighted by atomic mass is 9.81. The number of hydrogen-bond donors (Lipinski definition) is 1. The smallest absolute Gasteiger partial charge is 0.119 e. The van der Waals surface area contributed by atoms with E-state index in [1.54, 1.807) is 0 Å². The van der Waals surface area contributed by atoms with Crippen LogP contribution in [0.3, 0.4) is 0 Å². The second-order valence-electron chi connectivity index (χ2n) is 10.4. The second-order valence-corrected chi connectivity index (χ2v) is 10.9. The van der Waals surface area contributed by atoms with Gasteiger partial charge in [-0.2, -0.15) is 0 Å². The van der Waals surface area contributed by atoms with Crippen molar-refractivity contribution in [1.29, 1.82) is 0 Å². The van der Waals surface area contributed by atoms with E-state index in [1.165, 1.54) is 18.4 Å². The van der Waals surface area contributed by atoms with Gasteiger partial charge in [-0.15, -0.1) is 0 Å². The maximum atomic E-state index is 12.0. The standard InChI is InChI=1S/C34H36ClNO2/c1-26-7-11-30(12-8-26)34(37,25-27-9-15-32(35)16-10-27)31-13-17-33(18-14-31)38-24-23-36-21-19-29(20-22-36)28-5-3-2-4-6-28/h2-18,29,37H,19-25H2,1H3. The molecule has 4 aromatic rings. The van der Waals surface area contributed by atoms with Crippen molar-refractivity contribution < 1.29 is 9.84 Å².